The molecule has 1 rings (SSSR count). The molecule has 1 heterocycles. The molecule has 0 aromatic carbocycles. The maximum absolute atomic E-state index is 10.8. The third-order valence-electron chi connectivity index (χ3n) is 1.28. The smallest absolute Gasteiger partial charge is 0.342 e. The van der Waals surface area contributed by atoms with E-state index in [1.807, 2.05) is 0 Å². The first kappa shape index (κ1) is 10.6. The number of nitrogens with zero attached hydrogens (tertiary/aromatic N) is 1. The van der Waals surface area contributed by atoms with E-state index in [-0.39, 0.29) is 34.2 Å². The van der Waals surface area contributed by atoms with Crippen LogP contribution in [0.3, 0.4) is 0 Å². The molecule has 1 aliphatic heterocycles. The van der Waals surface area contributed by atoms with Crippen LogP contribution in [0.1, 0.15) is 6.42 Å². The van der Waals surface area contributed by atoms with Crippen molar-refractivity contribution in [2.45, 2.75) is 6.42 Å². The van der Waals surface area contributed by atoms with Crippen LogP contribution >= 0.6 is 0 Å². The molecule has 0 atom stereocenters. The second-order valence-corrected chi connectivity index (χ2v) is 2.02. The van der Waals surface area contributed by atoms with Gasteiger partial charge in [-0.25, -0.2) is 0 Å². The molecule has 4 heteroatoms. The summed E-state index contributed by atoms with van der Waals surface area (Å²) in [4.78, 5) is 22.7. The number of rotatable bonds is 2. The molecular formula is C7H8AuNO2. The van der Waals surface area contributed by atoms with Crippen molar-refractivity contribution in [3.63, 3.8) is 0 Å². The first-order chi connectivity index (χ1) is 4.75. The van der Waals surface area contributed by atoms with Gasteiger partial charge >= 0.3 is 22.4 Å². The molecule has 0 unspecified atom stereocenters. The van der Waals surface area contributed by atoms with Crippen molar-refractivity contribution in [1.82, 2.24) is 4.90 Å². The van der Waals surface area contributed by atoms with Crippen LogP contribution in [0.4, 0.5) is 0 Å². The van der Waals surface area contributed by atoms with Crippen LogP contribution in [0.5, 0.6) is 0 Å². The van der Waals surface area contributed by atoms with Crippen LogP contribution in [0.15, 0.2) is 12.2 Å². The zero-order valence-electron chi connectivity index (χ0n) is 5.84. The van der Waals surface area contributed by atoms with Gasteiger partial charge in [0.2, 0.25) is 0 Å². The van der Waals surface area contributed by atoms with Gasteiger partial charge in [-0.3, -0.25) is 14.5 Å². The molecule has 0 aromatic heterocycles. The summed E-state index contributed by atoms with van der Waals surface area (Å²) < 4.78 is 0. The van der Waals surface area contributed by atoms with Crippen molar-refractivity contribution in [2.24, 2.45) is 0 Å². The second kappa shape index (κ2) is 4.49. The molecular weight excluding hydrogens is 327 g/mol. The van der Waals surface area contributed by atoms with E-state index in [2.05, 4.69) is 6.92 Å². The summed E-state index contributed by atoms with van der Waals surface area (Å²) in [6, 6.07) is 0. The summed E-state index contributed by atoms with van der Waals surface area (Å²) in [5.41, 5.74) is 0. The Hall–Kier alpha value is -0.380. The maximum Gasteiger partial charge on any atom is 1.00 e. The van der Waals surface area contributed by atoms with Gasteiger partial charge in [0.05, 0.1) is 0 Å². The number of amides is 2. The number of carbonyl (C=O) groups excluding carboxylic acids is 2. The van der Waals surface area contributed by atoms with Crippen molar-refractivity contribution in [2.75, 3.05) is 6.54 Å². The van der Waals surface area contributed by atoms with E-state index >= 15 is 0 Å². The molecule has 0 fully saturated rings. The van der Waals surface area contributed by atoms with Gasteiger partial charge in [-0.15, -0.1) is 0 Å². The van der Waals surface area contributed by atoms with Crippen molar-refractivity contribution in [3.05, 3.63) is 19.1 Å². The molecule has 0 aromatic rings. The van der Waals surface area contributed by atoms with Crippen molar-refractivity contribution >= 4 is 11.8 Å². The fourth-order valence-electron chi connectivity index (χ4n) is 0.810. The van der Waals surface area contributed by atoms with Crippen molar-refractivity contribution < 1.29 is 32.0 Å². The van der Waals surface area contributed by atoms with E-state index in [4.69, 9.17) is 0 Å². The predicted molar refractivity (Wildman–Crippen MR) is 35.8 cm³/mol. The molecule has 0 aliphatic carbocycles. The van der Waals surface area contributed by atoms with Crippen LogP contribution in [0.2, 0.25) is 0 Å². The number of hydrogen-bond acceptors (Lipinski definition) is 2. The minimum Gasteiger partial charge on any atom is -0.342 e. The Kier molecular flexibility index (Phi) is 4.33. The van der Waals surface area contributed by atoms with Crippen molar-refractivity contribution in [3.8, 4) is 0 Å². The Morgan fingerprint density at radius 1 is 1.27 bits per heavy atom. The summed E-state index contributed by atoms with van der Waals surface area (Å²) in [5, 5.41) is 0. The summed E-state index contributed by atoms with van der Waals surface area (Å²) in [6.45, 7) is 3.97. The van der Waals surface area contributed by atoms with E-state index < -0.39 is 0 Å². The fourth-order valence-corrected chi connectivity index (χ4v) is 0.810. The SMILES string of the molecule is [Au+].[CH2-]CCN1C(=O)C=CC1=O. The zero-order chi connectivity index (χ0) is 7.56. The van der Waals surface area contributed by atoms with Crippen LogP contribution in [0, 0.1) is 6.92 Å². The van der Waals surface area contributed by atoms with Crippen LogP contribution < -0.4 is 0 Å². The normalized spacial score (nSPS) is 15.5. The molecule has 64 valence electrons. The van der Waals surface area contributed by atoms with Gasteiger partial charge in [-0.05, 0) is 0 Å². The predicted octanol–water partition coefficient (Wildman–Crippen LogP) is 0.133. The Bertz CT molecular complexity index is 183. The maximum atomic E-state index is 10.8. The minimum absolute atomic E-state index is 0. The summed E-state index contributed by atoms with van der Waals surface area (Å²) in [6.07, 6.45) is 3.12. The molecule has 0 saturated heterocycles. The Balaban J connectivity index is 0.000001000. The summed E-state index contributed by atoms with van der Waals surface area (Å²) in [7, 11) is 0. The Morgan fingerprint density at radius 2 is 1.73 bits per heavy atom. The Morgan fingerprint density at radius 3 is 2.09 bits per heavy atom. The fraction of sp³-hybridized carbons (Fsp3) is 0.286. The van der Waals surface area contributed by atoms with Crippen LogP contribution in [0.25, 0.3) is 0 Å². The van der Waals surface area contributed by atoms with E-state index in [1.165, 1.54) is 17.1 Å². The van der Waals surface area contributed by atoms with E-state index in [0.29, 0.717) is 13.0 Å². The van der Waals surface area contributed by atoms with Crippen LogP contribution in [-0.4, -0.2) is 23.3 Å². The van der Waals surface area contributed by atoms with Gasteiger partial charge < -0.3 is 6.92 Å². The monoisotopic (exact) mass is 335 g/mol. The third-order valence-corrected chi connectivity index (χ3v) is 1.28. The first-order valence-electron chi connectivity index (χ1n) is 3.08. The molecule has 2 amide bonds. The second-order valence-electron chi connectivity index (χ2n) is 2.02. The molecule has 1 aliphatic rings. The molecule has 0 N–H and O–H groups in total. The van der Waals surface area contributed by atoms with Gasteiger partial charge in [-0.1, -0.05) is 0 Å². The molecule has 0 spiro atoms. The third kappa shape index (κ3) is 2.29. The van der Waals surface area contributed by atoms with Crippen molar-refractivity contribution in [1.29, 1.82) is 0 Å². The molecule has 0 radical (unpaired) electrons. The topological polar surface area (TPSA) is 37.4 Å². The standard InChI is InChI=1S/C7H8NO2.Au/c1-2-5-8-6(9)3-4-7(8)10;/h3-4H,1-2,5H2;/q-1;+1. The van der Waals surface area contributed by atoms with E-state index in [0.717, 1.165) is 0 Å². The average Bonchev–Trinajstić information content (AvgIpc) is 2.20. The molecule has 11 heavy (non-hydrogen) atoms. The van der Waals surface area contributed by atoms with Gasteiger partial charge in [0.15, 0.2) is 0 Å². The molecule has 3 nitrogen and oxygen atoms in total. The number of hydrogen-bond donors (Lipinski definition) is 0. The molecule has 0 saturated carbocycles. The van der Waals surface area contributed by atoms with Crippen LogP contribution in [-0.2, 0) is 32.0 Å². The largest absolute Gasteiger partial charge is 1.00 e. The van der Waals surface area contributed by atoms with E-state index in [1.54, 1.807) is 0 Å². The first-order valence-corrected chi connectivity index (χ1v) is 3.08. The summed E-state index contributed by atoms with van der Waals surface area (Å²) in [5.74, 6) is -0.456. The number of carbonyl (C=O) groups is 2. The van der Waals surface area contributed by atoms with Gasteiger partial charge in [-0.2, -0.15) is 6.42 Å². The van der Waals surface area contributed by atoms with Gasteiger partial charge in [0.1, 0.15) is 0 Å². The van der Waals surface area contributed by atoms with Gasteiger partial charge in [0, 0.05) is 18.7 Å². The number of imide groups is 1. The zero-order valence-corrected chi connectivity index (χ0v) is 8.01. The summed E-state index contributed by atoms with van der Waals surface area (Å²) >= 11 is 0. The van der Waals surface area contributed by atoms with E-state index in [9.17, 15) is 9.59 Å². The molecule has 0 bridgehead atoms. The average molecular weight is 335 g/mol. The Labute approximate surface area is 80.9 Å². The quantitative estimate of drug-likeness (QED) is 0.409. The van der Waals surface area contributed by atoms with Gasteiger partial charge in [0.25, 0.3) is 11.8 Å². The minimum atomic E-state index is -0.228.